The number of amides is 2. The topological polar surface area (TPSA) is 84.9 Å². The van der Waals surface area contributed by atoms with Crippen molar-refractivity contribution in [2.45, 2.75) is 59.3 Å². The van der Waals surface area contributed by atoms with Gasteiger partial charge >= 0.3 is 5.97 Å². The summed E-state index contributed by atoms with van der Waals surface area (Å²) in [4.78, 5) is 39.6. The lowest BCUT2D eigenvalue weighted by Gasteiger charge is -2.19. The van der Waals surface area contributed by atoms with Gasteiger partial charge in [0, 0.05) is 24.3 Å². The summed E-state index contributed by atoms with van der Waals surface area (Å²) in [6, 6.07) is 21.1. The van der Waals surface area contributed by atoms with E-state index in [1.807, 2.05) is 44.2 Å². The summed E-state index contributed by atoms with van der Waals surface area (Å²) >= 11 is 0. The van der Waals surface area contributed by atoms with Gasteiger partial charge in [0.15, 0.2) is 6.61 Å². The Bertz CT molecular complexity index is 1330. The van der Waals surface area contributed by atoms with Crippen LogP contribution in [0.4, 0.5) is 11.4 Å². The molecule has 1 fully saturated rings. The molecule has 210 valence electrons. The van der Waals surface area contributed by atoms with Gasteiger partial charge in [0.1, 0.15) is 11.5 Å². The van der Waals surface area contributed by atoms with Crippen LogP contribution in [0, 0.1) is 5.92 Å². The molecule has 0 radical (unpaired) electrons. The lowest BCUT2D eigenvalue weighted by Crippen LogP contribution is -2.28. The molecule has 1 atom stereocenters. The first-order chi connectivity index (χ1) is 19.1. The molecule has 0 bridgehead atoms. The predicted molar refractivity (Wildman–Crippen MR) is 157 cm³/mol. The summed E-state index contributed by atoms with van der Waals surface area (Å²) in [5, 5.41) is 2.90. The number of carbonyl (C=O) groups excluding carboxylic acids is 3. The van der Waals surface area contributed by atoms with Crippen LogP contribution < -0.4 is 15.0 Å². The zero-order valence-electron chi connectivity index (χ0n) is 24.0. The van der Waals surface area contributed by atoms with Crippen LogP contribution in [-0.2, 0) is 37.4 Å². The number of ether oxygens (including phenoxy) is 2. The van der Waals surface area contributed by atoms with Crippen molar-refractivity contribution in [1.29, 1.82) is 0 Å². The van der Waals surface area contributed by atoms with Crippen LogP contribution >= 0.6 is 0 Å². The molecule has 40 heavy (non-hydrogen) atoms. The maximum Gasteiger partial charge on any atom is 0.311 e. The van der Waals surface area contributed by atoms with Gasteiger partial charge in [-0.2, -0.15) is 0 Å². The van der Waals surface area contributed by atoms with E-state index in [-0.39, 0.29) is 24.3 Å². The van der Waals surface area contributed by atoms with Crippen molar-refractivity contribution >= 4 is 29.2 Å². The van der Waals surface area contributed by atoms with Gasteiger partial charge in [-0.25, -0.2) is 0 Å². The van der Waals surface area contributed by atoms with Crippen molar-refractivity contribution in [3.63, 3.8) is 0 Å². The number of benzene rings is 3. The SMILES string of the molecule is CCc1cccc(CC)c1NC(=O)COC(=O)[C@@H]1CC(=O)N(c2ccc(Oc3ccc(C(C)(C)C)cc3)cc2)C1. The number of aryl methyl sites for hydroxylation is 2. The largest absolute Gasteiger partial charge is 0.457 e. The zero-order valence-corrected chi connectivity index (χ0v) is 24.0. The van der Waals surface area contributed by atoms with Crippen molar-refractivity contribution in [3.05, 3.63) is 83.4 Å². The van der Waals surface area contributed by atoms with Crippen LogP contribution in [-0.4, -0.2) is 30.9 Å². The molecule has 1 N–H and O–H groups in total. The third kappa shape index (κ3) is 6.89. The highest BCUT2D eigenvalue weighted by Crippen LogP contribution is 2.30. The number of nitrogens with one attached hydrogen (secondary N) is 1. The lowest BCUT2D eigenvalue weighted by atomic mass is 9.87. The first-order valence-electron chi connectivity index (χ1n) is 13.8. The fourth-order valence-corrected chi connectivity index (χ4v) is 4.80. The number of anilines is 2. The molecule has 1 saturated heterocycles. The third-order valence-electron chi connectivity index (χ3n) is 7.17. The molecule has 1 aliphatic heterocycles. The molecule has 2 amide bonds. The number of rotatable bonds is 9. The monoisotopic (exact) mass is 542 g/mol. The van der Waals surface area contributed by atoms with E-state index >= 15 is 0 Å². The van der Waals surface area contributed by atoms with Gasteiger partial charge in [-0.15, -0.1) is 0 Å². The average molecular weight is 543 g/mol. The number of carbonyl (C=O) groups is 3. The second kappa shape index (κ2) is 12.4. The molecule has 3 aromatic carbocycles. The quantitative estimate of drug-likeness (QED) is 0.315. The molecule has 3 aromatic rings. The Morgan fingerprint density at radius 3 is 2.02 bits per heavy atom. The molecule has 7 nitrogen and oxygen atoms in total. The van der Waals surface area contributed by atoms with Crippen molar-refractivity contribution < 1.29 is 23.9 Å². The summed E-state index contributed by atoms with van der Waals surface area (Å²) < 4.78 is 11.3. The molecule has 0 spiro atoms. The maximum absolute atomic E-state index is 12.7. The number of hydrogen-bond donors (Lipinski definition) is 1. The van der Waals surface area contributed by atoms with Crippen molar-refractivity contribution in [3.8, 4) is 11.5 Å². The van der Waals surface area contributed by atoms with Gasteiger partial charge in [-0.05, 0) is 71.3 Å². The number of esters is 1. The number of nitrogens with zero attached hydrogens (tertiary/aromatic N) is 1. The van der Waals surface area contributed by atoms with Crippen molar-refractivity contribution in [2.75, 3.05) is 23.4 Å². The van der Waals surface area contributed by atoms with Crippen molar-refractivity contribution in [1.82, 2.24) is 0 Å². The van der Waals surface area contributed by atoms with E-state index in [1.54, 1.807) is 29.2 Å². The molecule has 0 aliphatic carbocycles. The number of para-hydroxylation sites is 1. The average Bonchev–Trinajstić information content (AvgIpc) is 3.33. The highest BCUT2D eigenvalue weighted by atomic mass is 16.5. The van der Waals surface area contributed by atoms with E-state index in [1.165, 1.54) is 5.56 Å². The Kier molecular flexibility index (Phi) is 8.93. The minimum atomic E-state index is -0.633. The molecule has 0 saturated carbocycles. The van der Waals surface area contributed by atoms with Crippen molar-refractivity contribution in [2.24, 2.45) is 5.92 Å². The highest BCUT2D eigenvalue weighted by Gasteiger charge is 2.36. The van der Waals surface area contributed by atoms with Gasteiger partial charge in [-0.1, -0.05) is 65.0 Å². The first kappa shape index (κ1) is 28.9. The summed E-state index contributed by atoms with van der Waals surface area (Å²) in [7, 11) is 0. The van der Waals surface area contributed by atoms with Gasteiger partial charge < -0.3 is 19.7 Å². The van der Waals surface area contributed by atoms with Crippen LogP contribution in [0.2, 0.25) is 0 Å². The number of hydrogen-bond acceptors (Lipinski definition) is 5. The Balaban J connectivity index is 1.31. The van der Waals surface area contributed by atoms with Gasteiger partial charge in [0.2, 0.25) is 5.91 Å². The Morgan fingerprint density at radius 1 is 0.900 bits per heavy atom. The van der Waals surface area contributed by atoms with Crippen LogP contribution in [0.5, 0.6) is 11.5 Å². The fourth-order valence-electron chi connectivity index (χ4n) is 4.80. The molecule has 7 heteroatoms. The highest BCUT2D eigenvalue weighted by molar-refractivity contribution is 6.00. The Hall–Kier alpha value is -4.13. The first-order valence-corrected chi connectivity index (χ1v) is 13.8. The maximum atomic E-state index is 12.7. The molecule has 4 rings (SSSR count). The Labute approximate surface area is 236 Å². The Morgan fingerprint density at radius 2 is 1.48 bits per heavy atom. The molecule has 1 aliphatic rings. The summed E-state index contributed by atoms with van der Waals surface area (Å²) in [6.07, 6.45) is 1.60. The molecule has 0 aromatic heterocycles. The predicted octanol–water partition coefficient (Wildman–Crippen LogP) is 6.44. The molecular weight excluding hydrogens is 504 g/mol. The van der Waals surface area contributed by atoms with E-state index in [4.69, 9.17) is 9.47 Å². The van der Waals surface area contributed by atoms with E-state index in [0.717, 1.165) is 35.4 Å². The lowest BCUT2D eigenvalue weighted by molar-refractivity contribution is -0.151. The minimum absolute atomic E-state index is 0.0392. The van der Waals surface area contributed by atoms with Crippen LogP contribution in [0.25, 0.3) is 0 Å². The van der Waals surface area contributed by atoms with E-state index < -0.39 is 24.4 Å². The summed E-state index contributed by atoms with van der Waals surface area (Å²) in [5.41, 5.74) is 4.82. The van der Waals surface area contributed by atoms with E-state index in [0.29, 0.717) is 11.4 Å². The van der Waals surface area contributed by atoms with Gasteiger partial charge in [0.05, 0.1) is 5.92 Å². The molecule has 1 heterocycles. The second-order valence-electron chi connectivity index (χ2n) is 11.1. The fraction of sp³-hybridized carbons (Fsp3) is 0.364. The summed E-state index contributed by atoms with van der Waals surface area (Å²) in [5.74, 6) is -0.363. The van der Waals surface area contributed by atoms with Crippen LogP contribution in [0.1, 0.15) is 57.7 Å². The smallest absolute Gasteiger partial charge is 0.311 e. The van der Waals surface area contributed by atoms with Crippen LogP contribution in [0.15, 0.2) is 66.7 Å². The minimum Gasteiger partial charge on any atom is -0.457 e. The summed E-state index contributed by atoms with van der Waals surface area (Å²) in [6.45, 7) is 10.4. The standard InChI is InChI=1S/C33H38N2O5/c1-6-22-9-8-10-23(7-2)31(22)34-29(36)21-39-32(38)24-19-30(37)35(20-24)26-13-17-28(18-14-26)40-27-15-11-25(12-16-27)33(3,4)5/h8-18,24H,6-7,19-21H2,1-5H3,(H,34,36)/t24-/m1/s1. The zero-order chi connectivity index (χ0) is 28.9. The van der Waals surface area contributed by atoms with Gasteiger partial charge in [-0.3, -0.25) is 14.4 Å². The second-order valence-corrected chi connectivity index (χ2v) is 11.1. The van der Waals surface area contributed by atoms with E-state index in [2.05, 4.69) is 38.2 Å². The molecular formula is C33H38N2O5. The third-order valence-corrected chi connectivity index (χ3v) is 7.17. The van der Waals surface area contributed by atoms with Crippen LogP contribution in [0.3, 0.4) is 0 Å². The molecule has 0 unspecified atom stereocenters. The normalized spacial score (nSPS) is 15.2. The van der Waals surface area contributed by atoms with Gasteiger partial charge in [0.25, 0.3) is 5.91 Å². The van der Waals surface area contributed by atoms with E-state index in [9.17, 15) is 14.4 Å².